The number of nitrogens with zero attached hydrogens (tertiary/aromatic N) is 2. The van der Waals surface area contributed by atoms with Gasteiger partial charge >= 0.3 is 0 Å². The fourth-order valence-corrected chi connectivity index (χ4v) is 1.76. The lowest BCUT2D eigenvalue weighted by atomic mass is 10.1. The molecule has 0 radical (unpaired) electrons. The molecule has 2 nitrogen and oxygen atoms in total. The highest BCUT2D eigenvalue weighted by Crippen LogP contribution is 2.31. The molecule has 2 aromatic carbocycles. The number of aliphatic imine (C=N–C) groups is 1. The lowest BCUT2D eigenvalue weighted by molar-refractivity contribution is 0.643. The first kappa shape index (κ1) is 11.0. The molecule has 0 unspecified atom stereocenters. The van der Waals surface area contributed by atoms with E-state index in [2.05, 4.69) is 4.99 Å². The van der Waals surface area contributed by atoms with E-state index in [0.717, 1.165) is 21.5 Å². The molecule has 0 aromatic heterocycles. The van der Waals surface area contributed by atoms with Crippen molar-refractivity contribution in [1.82, 2.24) is 4.90 Å². The number of hydrogen-bond acceptors (Lipinski definition) is 1. The largest absolute Gasteiger partial charge is 0.369 e. The molecule has 0 fully saturated rings. The van der Waals surface area contributed by atoms with Gasteiger partial charge in [0.15, 0.2) is 0 Å². The highest BCUT2D eigenvalue weighted by Gasteiger charge is 2.02. The summed E-state index contributed by atoms with van der Waals surface area (Å²) >= 11 is 6.13. The Morgan fingerprint density at radius 2 is 1.75 bits per heavy atom. The van der Waals surface area contributed by atoms with Crippen LogP contribution in [0.4, 0.5) is 5.69 Å². The number of benzene rings is 2. The molecule has 0 spiro atoms. The van der Waals surface area contributed by atoms with Crippen molar-refractivity contribution in [3.8, 4) is 0 Å². The molecule has 0 saturated carbocycles. The Morgan fingerprint density at radius 3 is 2.44 bits per heavy atom. The van der Waals surface area contributed by atoms with Crippen LogP contribution in [0.15, 0.2) is 41.4 Å². The Hall–Kier alpha value is -1.54. The number of hydrogen-bond donors (Lipinski definition) is 0. The second kappa shape index (κ2) is 4.54. The van der Waals surface area contributed by atoms with E-state index in [1.165, 1.54) is 0 Å². The maximum atomic E-state index is 6.13. The molecule has 0 aliphatic carbocycles. The van der Waals surface area contributed by atoms with E-state index in [1.54, 1.807) is 6.34 Å². The van der Waals surface area contributed by atoms with Crippen LogP contribution in [0, 0.1) is 0 Å². The van der Waals surface area contributed by atoms with Crippen molar-refractivity contribution in [2.45, 2.75) is 0 Å². The lowest BCUT2D eigenvalue weighted by Gasteiger charge is -2.06. The van der Waals surface area contributed by atoms with Crippen LogP contribution in [0.2, 0.25) is 5.02 Å². The lowest BCUT2D eigenvalue weighted by Crippen LogP contribution is -2.06. The minimum Gasteiger partial charge on any atom is -0.369 e. The van der Waals surface area contributed by atoms with Gasteiger partial charge in [-0.3, -0.25) is 0 Å². The van der Waals surface area contributed by atoms with Crippen molar-refractivity contribution in [3.05, 3.63) is 41.4 Å². The van der Waals surface area contributed by atoms with Gasteiger partial charge in [-0.1, -0.05) is 35.9 Å². The summed E-state index contributed by atoms with van der Waals surface area (Å²) in [6, 6.07) is 11.8. The molecule has 0 N–H and O–H groups in total. The number of fused-ring (bicyclic) bond motifs is 1. The van der Waals surface area contributed by atoms with E-state index >= 15 is 0 Å². The van der Waals surface area contributed by atoms with Gasteiger partial charge < -0.3 is 4.90 Å². The molecular formula is C13H13ClN2. The minimum absolute atomic E-state index is 0.763. The molecule has 16 heavy (non-hydrogen) atoms. The predicted molar refractivity (Wildman–Crippen MR) is 70.8 cm³/mol. The van der Waals surface area contributed by atoms with Crippen LogP contribution in [-0.4, -0.2) is 25.3 Å². The smallest absolute Gasteiger partial charge is 0.0907 e. The fraction of sp³-hybridized carbons (Fsp3) is 0.154. The second-order valence-electron chi connectivity index (χ2n) is 3.82. The molecule has 3 heteroatoms. The maximum Gasteiger partial charge on any atom is 0.0907 e. The summed E-state index contributed by atoms with van der Waals surface area (Å²) in [6.45, 7) is 0. The molecular weight excluding hydrogens is 220 g/mol. The minimum atomic E-state index is 0.763. The van der Waals surface area contributed by atoms with Crippen molar-refractivity contribution in [1.29, 1.82) is 0 Å². The summed E-state index contributed by atoms with van der Waals surface area (Å²) in [6.07, 6.45) is 1.79. The average Bonchev–Trinajstić information content (AvgIpc) is 2.28. The maximum absolute atomic E-state index is 6.13. The molecule has 0 saturated heterocycles. The Bertz CT molecular complexity index is 532. The quantitative estimate of drug-likeness (QED) is 0.569. The predicted octanol–water partition coefficient (Wildman–Crippen LogP) is 3.71. The van der Waals surface area contributed by atoms with Gasteiger partial charge in [0.05, 0.1) is 12.0 Å². The van der Waals surface area contributed by atoms with E-state index in [1.807, 2.05) is 55.4 Å². The van der Waals surface area contributed by atoms with Crippen molar-refractivity contribution < 1.29 is 0 Å². The van der Waals surface area contributed by atoms with Gasteiger partial charge in [0.25, 0.3) is 0 Å². The number of halogens is 1. The standard InChI is InChI=1S/C13H13ClN2/c1-16(2)9-15-13-8-7-12(14)10-5-3-4-6-11(10)13/h3-9H,1-2H3. The van der Waals surface area contributed by atoms with Crippen LogP contribution < -0.4 is 0 Å². The summed E-state index contributed by atoms with van der Waals surface area (Å²) < 4.78 is 0. The summed E-state index contributed by atoms with van der Waals surface area (Å²) in [4.78, 5) is 6.32. The third-order valence-corrected chi connectivity index (χ3v) is 2.61. The van der Waals surface area contributed by atoms with E-state index in [-0.39, 0.29) is 0 Å². The van der Waals surface area contributed by atoms with E-state index < -0.39 is 0 Å². The Morgan fingerprint density at radius 1 is 1.06 bits per heavy atom. The zero-order valence-corrected chi connectivity index (χ0v) is 10.1. The van der Waals surface area contributed by atoms with Crippen LogP contribution in [0.3, 0.4) is 0 Å². The van der Waals surface area contributed by atoms with Gasteiger partial charge in [-0.25, -0.2) is 4.99 Å². The van der Waals surface area contributed by atoms with Crippen LogP contribution in [0.25, 0.3) is 10.8 Å². The van der Waals surface area contributed by atoms with Crippen molar-refractivity contribution in [3.63, 3.8) is 0 Å². The van der Waals surface area contributed by atoms with Crippen LogP contribution in [-0.2, 0) is 0 Å². The van der Waals surface area contributed by atoms with Crippen molar-refractivity contribution in [2.75, 3.05) is 14.1 Å². The molecule has 2 aromatic rings. The first-order valence-electron chi connectivity index (χ1n) is 5.06. The highest BCUT2D eigenvalue weighted by molar-refractivity contribution is 6.36. The topological polar surface area (TPSA) is 15.6 Å². The third-order valence-electron chi connectivity index (χ3n) is 2.28. The second-order valence-corrected chi connectivity index (χ2v) is 4.23. The van der Waals surface area contributed by atoms with E-state index in [9.17, 15) is 0 Å². The molecule has 0 atom stereocenters. The Kier molecular flexibility index (Phi) is 3.11. The van der Waals surface area contributed by atoms with Gasteiger partial charge in [-0.15, -0.1) is 0 Å². The monoisotopic (exact) mass is 232 g/mol. The summed E-state index contributed by atoms with van der Waals surface area (Å²) in [5, 5.41) is 2.88. The average molecular weight is 233 g/mol. The molecule has 0 bridgehead atoms. The highest BCUT2D eigenvalue weighted by atomic mass is 35.5. The fourth-order valence-electron chi connectivity index (χ4n) is 1.54. The molecule has 2 rings (SSSR count). The van der Waals surface area contributed by atoms with E-state index in [4.69, 9.17) is 11.6 Å². The van der Waals surface area contributed by atoms with Crippen LogP contribution in [0.1, 0.15) is 0 Å². The van der Waals surface area contributed by atoms with Crippen LogP contribution >= 0.6 is 11.6 Å². The van der Waals surface area contributed by atoms with Crippen LogP contribution in [0.5, 0.6) is 0 Å². The van der Waals surface area contributed by atoms with Gasteiger partial charge in [-0.2, -0.15) is 0 Å². The molecule has 0 amide bonds. The molecule has 82 valence electrons. The molecule has 0 aliphatic heterocycles. The van der Waals surface area contributed by atoms with Gasteiger partial charge in [-0.05, 0) is 12.1 Å². The molecule has 0 aliphatic rings. The summed E-state index contributed by atoms with van der Waals surface area (Å²) in [7, 11) is 3.89. The summed E-state index contributed by atoms with van der Waals surface area (Å²) in [5.41, 5.74) is 0.939. The normalized spacial score (nSPS) is 11.2. The zero-order chi connectivity index (χ0) is 11.5. The first-order valence-corrected chi connectivity index (χ1v) is 5.44. The third kappa shape index (κ3) is 2.17. The number of rotatable bonds is 2. The Labute approximate surface area is 100 Å². The first-order chi connectivity index (χ1) is 7.68. The van der Waals surface area contributed by atoms with Gasteiger partial charge in [0.2, 0.25) is 0 Å². The van der Waals surface area contributed by atoms with Gasteiger partial charge in [0.1, 0.15) is 0 Å². The zero-order valence-electron chi connectivity index (χ0n) is 9.31. The van der Waals surface area contributed by atoms with Crippen molar-refractivity contribution >= 4 is 34.4 Å². The SMILES string of the molecule is CN(C)C=Nc1ccc(Cl)c2ccccc12. The van der Waals surface area contributed by atoms with Gasteiger partial charge in [0, 0.05) is 29.9 Å². The summed E-state index contributed by atoms with van der Waals surface area (Å²) in [5.74, 6) is 0. The van der Waals surface area contributed by atoms with Crippen molar-refractivity contribution in [2.24, 2.45) is 4.99 Å². The Balaban J connectivity index is 2.59. The van der Waals surface area contributed by atoms with E-state index in [0.29, 0.717) is 0 Å². The molecule has 0 heterocycles.